The molecule has 0 fully saturated rings. The number of thiophene rings is 1. The van der Waals surface area contributed by atoms with Crippen molar-refractivity contribution in [3.63, 3.8) is 0 Å². The molecule has 3 aromatic heterocycles. The summed E-state index contributed by atoms with van der Waals surface area (Å²) in [6.45, 7) is 0. The van der Waals surface area contributed by atoms with Gasteiger partial charge in [-0.2, -0.15) is 13.2 Å². The van der Waals surface area contributed by atoms with E-state index in [2.05, 4.69) is 20.6 Å². The van der Waals surface area contributed by atoms with Crippen molar-refractivity contribution in [2.24, 2.45) is 0 Å². The van der Waals surface area contributed by atoms with Gasteiger partial charge in [0.15, 0.2) is 0 Å². The number of aromatic amines is 2. The molecule has 0 saturated carbocycles. The quantitative estimate of drug-likeness (QED) is 0.281. The molecule has 5 rings (SSSR count). The molecule has 3 heterocycles. The lowest BCUT2D eigenvalue weighted by atomic mass is 10.1. The summed E-state index contributed by atoms with van der Waals surface area (Å²) in [5.41, 5.74) is 0.352. The van der Waals surface area contributed by atoms with Crippen LogP contribution in [0.2, 0.25) is 0 Å². The molecule has 0 aliphatic carbocycles. The Hall–Kier alpha value is -4.38. The molecular weight excluding hydrogens is 493 g/mol. The fraction of sp³-hybridized carbons (Fsp3) is 0.0800. The highest BCUT2D eigenvalue weighted by Gasteiger charge is 2.30. The van der Waals surface area contributed by atoms with Crippen molar-refractivity contribution >= 4 is 55.6 Å². The fourth-order valence-corrected chi connectivity index (χ4v) is 4.82. The van der Waals surface area contributed by atoms with Crippen molar-refractivity contribution in [2.75, 3.05) is 17.7 Å². The van der Waals surface area contributed by atoms with Crippen molar-refractivity contribution in [3.05, 3.63) is 83.0 Å². The van der Waals surface area contributed by atoms with Gasteiger partial charge in [-0.05, 0) is 42.5 Å². The summed E-state index contributed by atoms with van der Waals surface area (Å²) in [5.74, 6) is -0.740. The molecule has 0 aliphatic heterocycles. The monoisotopic (exact) mass is 511 g/mol. The van der Waals surface area contributed by atoms with E-state index in [9.17, 15) is 22.8 Å². The first-order valence-electron chi connectivity index (χ1n) is 10.6. The molecule has 182 valence electrons. The Bertz CT molecular complexity index is 1620. The summed E-state index contributed by atoms with van der Waals surface area (Å²) < 4.78 is 45.2. The minimum absolute atomic E-state index is 0.0126. The SMILES string of the molecule is COc1cc(NC(=O)c2cc3c[nH+]c4[nH]ccc4c3s2)cc(C(=O)Nc2cccc(C(F)(F)F)c2)c1. The number of carbonyl (C=O) groups excluding carboxylic acids is 2. The zero-order valence-corrected chi connectivity index (χ0v) is 19.4. The fourth-order valence-electron chi connectivity index (χ4n) is 3.75. The number of halogens is 3. The minimum atomic E-state index is -4.54. The van der Waals surface area contributed by atoms with Crippen molar-refractivity contribution in [3.8, 4) is 5.75 Å². The number of aromatic nitrogens is 2. The van der Waals surface area contributed by atoms with Crippen LogP contribution >= 0.6 is 11.3 Å². The van der Waals surface area contributed by atoms with E-state index in [1.165, 1.54) is 42.7 Å². The Labute approximate surface area is 205 Å². The lowest BCUT2D eigenvalue weighted by Gasteiger charge is -2.12. The molecule has 7 nitrogen and oxygen atoms in total. The number of hydrogen-bond donors (Lipinski definition) is 3. The first-order chi connectivity index (χ1) is 17.2. The Kier molecular flexibility index (Phi) is 5.84. The van der Waals surface area contributed by atoms with E-state index >= 15 is 0 Å². The third-order valence-corrected chi connectivity index (χ3v) is 6.64. The normalized spacial score (nSPS) is 11.6. The zero-order chi connectivity index (χ0) is 25.4. The standard InChI is InChI=1S/C25H17F3N4O3S/c1-35-18-8-13(23(33)31-16-4-2-3-15(10-16)25(26,27)28)7-17(11-18)32-24(34)20-9-14-12-30-22-19(5-6-29-22)21(14)36-20/h2-12H,1H3,(H,29,30)(H,31,33)(H,32,34)/p+1. The van der Waals surface area contributed by atoms with Crippen LogP contribution in [-0.4, -0.2) is 23.9 Å². The second-order valence-corrected chi connectivity index (χ2v) is 8.94. The van der Waals surface area contributed by atoms with Gasteiger partial charge in [-0.3, -0.25) is 9.59 Å². The van der Waals surface area contributed by atoms with E-state index in [4.69, 9.17) is 4.74 Å². The number of rotatable bonds is 5. The average Bonchev–Trinajstić information content (AvgIpc) is 3.50. The van der Waals surface area contributed by atoms with Crippen LogP contribution in [0.15, 0.2) is 67.0 Å². The number of ether oxygens (including phenoxy) is 1. The summed E-state index contributed by atoms with van der Waals surface area (Å²) in [4.78, 5) is 32.5. The van der Waals surface area contributed by atoms with Crippen molar-refractivity contribution < 1.29 is 32.5 Å². The Morgan fingerprint density at radius 1 is 1.00 bits per heavy atom. The zero-order valence-electron chi connectivity index (χ0n) is 18.6. The number of carbonyl (C=O) groups is 2. The molecule has 4 N–H and O–H groups in total. The van der Waals surface area contributed by atoms with Gasteiger partial charge in [-0.25, -0.2) is 9.97 Å². The number of H-pyrrole nitrogens is 2. The topological polar surface area (TPSA) is 97.4 Å². The van der Waals surface area contributed by atoms with Gasteiger partial charge < -0.3 is 15.4 Å². The summed E-state index contributed by atoms with van der Waals surface area (Å²) in [5, 5.41) is 7.07. The number of amides is 2. The van der Waals surface area contributed by atoms with Gasteiger partial charge in [0.25, 0.3) is 17.5 Å². The molecule has 0 bridgehead atoms. The highest BCUT2D eigenvalue weighted by Crippen LogP contribution is 2.32. The molecule has 0 spiro atoms. The van der Waals surface area contributed by atoms with Crippen LogP contribution < -0.4 is 20.4 Å². The molecule has 0 atom stereocenters. The molecule has 0 unspecified atom stereocenters. The second-order valence-electron chi connectivity index (χ2n) is 7.89. The van der Waals surface area contributed by atoms with Gasteiger partial charge >= 0.3 is 6.18 Å². The summed E-state index contributed by atoms with van der Waals surface area (Å²) >= 11 is 1.33. The number of pyridine rings is 1. The van der Waals surface area contributed by atoms with Crippen LogP contribution in [-0.2, 0) is 6.18 Å². The van der Waals surface area contributed by atoms with Crippen molar-refractivity contribution in [1.29, 1.82) is 0 Å². The van der Waals surface area contributed by atoms with E-state index in [0.29, 0.717) is 16.3 Å². The van der Waals surface area contributed by atoms with Gasteiger partial charge in [-0.15, -0.1) is 11.3 Å². The van der Waals surface area contributed by atoms with Gasteiger partial charge in [0.05, 0.1) is 40.0 Å². The Morgan fingerprint density at radius 3 is 2.58 bits per heavy atom. The van der Waals surface area contributed by atoms with E-state index in [-0.39, 0.29) is 17.2 Å². The maximum atomic E-state index is 13.0. The first kappa shape index (κ1) is 23.4. The molecular formula is C25H18F3N4O3S+. The Balaban J connectivity index is 1.39. The van der Waals surface area contributed by atoms with Crippen LogP contribution in [0.3, 0.4) is 0 Å². The lowest BCUT2D eigenvalue weighted by molar-refractivity contribution is -0.345. The van der Waals surface area contributed by atoms with E-state index in [1.807, 2.05) is 18.5 Å². The summed E-state index contributed by atoms with van der Waals surface area (Å²) in [6.07, 6.45) is -0.920. The number of methoxy groups -OCH3 is 1. The number of fused-ring (bicyclic) bond motifs is 3. The predicted octanol–water partition coefficient (Wildman–Crippen LogP) is 5.73. The molecule has 2 aromatic carbocycles. The van der Waals surface area contributed by atoms with E-state index in [1.54, 1.807) is 12.1 Å². The van der Waals surface area contributed by atoms with Crippen LogP contribution in [0.25, 0.3) is 21.1 Å². The largest absolute Gasteiger partial charge is 0.497 e. The first-order valence-corrected chi connectivity index (χ1v) is 11.4. The highest BCUT2D eigenvalue weighted by atomic mass is 32.1. The van der Waals surface area contributed by atoms with Crippen LogP contribution in [0, 0.1) is 0 Å². The summed E-state index contributed by atoms with van der Waals surface area (Å²) in [6, 6.07) is 12.4. The van der Waals surface area contributed by atoms with Crippen molar-refractivity contribution in [1.82, 2.24) is 4.98 Å². The van der Waals surface area contributed by atoms with Crippen molar-refractivity contribution in [2.45, 2.75) is 6.18 Å². The van der Waals surface area contributed by atoms with E-state index < -0.39 is 17.6 Å². The van der Waals surface area contributed by atoms with Crippen LogP contribution in [0.5, 0.6) is 5.75 Å². The molecule has 36 heavy (non-hydrogen) atoms. The molecule has 0 aliphatic rings. The molecule has 5 aromatic rings. The molecule has 0 radical (unpaired) electrons. The second kappa shape index (κ2) is 9.00. The van der Waals surface area contributed by atoms with E-state index in [0.717, 1.165) is 33.3 Å². The lowest BCUT2D eigenvalue weighted by Crippen LogP contribution is -2.15. The number of alkyl halides is 3. The number of hydrogen-bond acceptors (Lipinski definition) is 4. The van der Waals surface area contributed by atoms with Gasteiger partial charge in [-0.1, -0.05) is 6.07 Å². The van der Waals surface area contributed by atoms with Crippen LogP contribution in [0.4, 0.5) is 24.5 Å². The number of benzene rings is 2. The number of nitrogens with one attached hydrogen (secondary N) is 4. The number of anilines is 2. The van der Waals surface area contributed by atoms with Gasteiger partial charge in [0.2, 0.25) is 0 Å². The van der Waals surface area contributed by atoms with Crippen LogP contribution in [0.1, 0.15) is 25.6 Å². The highest BCUT2D eigenvalue weighted by molar-refractivity contribution is 7.21. The Morgan fingerprint density at radius 2 is 1.81 bits per heavy atom. The molecule has 2 amide bonds. The predicted molar refractivity (Wildman–Crippen MR) is 131 cm³/mol. The summed E-state index contributed by atoms with van der Waals surface area (Å²) in [7, 11) is 1.40. The maximum absolute atomic E-state index is 13.0. The third kappa shape index (κ3) is 4.60. The van der Waals surface area contributed by atoms with Gasteiger partial charge in [0, 0.05) is 28.4 Å². The third-order valence-electron chi connectivity index (χ3n) is 5.46. The smallest absolute Gasteiger partial charge is 0.416 e. The van der Waals surface area contributed by atoms with Gasteiger partial charge in [0.1, 0.15) is 5.75 Å². The average molecular weight is 512 g/mol. The molecule has 0 saturated heterocycles. The minimum Gasteiger partial charge on any atom is -0.497 e. The maximum Gasteiger partial charge on any atom is 0.416 e. The molecule has 11 heteroatoms.